The number of furan rings is 1. The molecule has 1 heterocycles. The summed E-state index contributed by atoms with van der Waals surface area (Å²) >= 11 is 0. The highest BCUT2D eigenvalue weighted by molar-refractivity contribution is 5.87. The zero-order valence-electron chi connectivity index (χ0n) is 13.6. The Bertz CT molecular complexity index is 831. The maximum Gasteiger partial charge on any atom is 0.244 e. The number of carbonyl (C=O) groups is 1. The number of carbonyl (C=O) groups excluding carboxylic acids is 1. The summed E-state index contributed by atoms with van der Waals surface area (Å²) in [4.78, 5) is 12.6. The highest BCUT2D eigenvalue weighted by Gasteiger charge is 2.60. The molecule has 1 aliphatic rings. The van der Waals surface area contributed by atoms with Crippen LogP contribution in [0.1, 0.15) is 23.3 Å². The van der Waals surface area contributed by atoms with Crippen molar-refractivity contribution in [3.63, 3.8) is 0 Å². The first-order valence-electron chi connectivity index (χ1n) is 8.28. The van der Waals surface area contributed by atoms with Crippen LogP contribution < -0.4 is 5.43 Å². The lowest BCUT2D eigenvalue weighted by Crippen LogP contribution is -2.25. The summed E-state index contributed by atoms with van der Waals surface area (Å²) in [6.45, 7) is 0. The minimum atomic E-state index is -0.271. The van der Waals surface area contributed by atoms with Gasteiger partial charge in [0.1, 0.15) is 5.76 Å². The van der Waals surface area contributed by atoms with Crippen molar-refractivity contribution in [2.75, 3.05) is 0 Å². The topological polar surface area (TPSA) is 54.6 Å². The van der Waals surface area contributed by atoms with Gasteiger partial charge in [0.2, 0.25) is 5.91 Å². The number of hydrogen-bond acceptors (Lipinski definition) is 3. The first-order valence-corrected chi connectivity index (χ1v) is 8.28. The van der Waals surface area contributed by atoms with Gasteiger partial charge in [0.05, 0.1) is 18.4 Å². The van der Waals surface area contributed by atoms with Crippen LogP contribution in [0.2, 0.25) is 0 Å². The number of benzene rings is 2. The lowest BCUT2D eigenvalue weighted by molar-refractivity contribution is -0.122. The van der Waals surface area contributed by atoms with E-state index >= 15 is 0 Å². The lowest BCUT2D eigenvalue weighted by Gasteiger charge is -2.18. The summed E-state index contributed by atoms with van der Waals surface area (Å²) in [5.74, 6) is 0.398. The smallest absolute Gasteiger partial charge is 0.244 e. The fourth-order valence-corrected chi connectivity index (χ4v) is 3.46. The van der Waals surface area contributed by atoms with Gasteiger partial charge in [-0.15, -0.1) is 0 Å². The zero-order chi connectivity index (χ0) is 17.1. The third-order valence-electron chi connectivity index (χ3n) is 4.76. The number of rotatable bonds is 5. The Labute approximate surface area is 146 Å². The molecule has 25 heavy (non-hydrogen) atoms. The van der Waals surface area contributed by atoms with Gasteiger partial charge in [-0.05, 0) is 29.7 Å². The number of hydrogen-bond donors (Lipinski definition) is 1. The van der Waals surface area contributed by atoms with Gasteiger partial charge < -0.3 is 4.42 Å². The second-order valence-corrected chi connectivity index (χ2v) is 6.21. The molecule has 2 aromatic carbocycles. The minimum absolute atomic E-state index is 0.0736. The molecule has 124 valence electrons. The van der Waals surface area contributed by atoms with E-state index in [1.807, 2.05) is 36.4 Å². The molecule has 1 atom stereocenters. The number of nitrogens with one attached hydrogen (secondary N) is 1. The predicted octanol–water partition coefficient (Wildman–Crippen LogP) is 3.74. The van der Waals surface area contributed by atoms with Gasteiger partial charge in [0, 0.05) is 5.41 Å². The van der Waals surface area contributed by atoms with Gasteiger partial charge in [0.15, 0.2) is 0 Å². The van der Waals surface area contributed by atoms with E-state index in [9.17, 15) is 4.79 Å². The molecule has 3 aromatic rings. The standard InChI is InChI=1S/C21H18N2O2/c24-20(23-22-15-18-12-7-13-25-18)19-14-21(19,16-8-3-1-4-9-16)17-10-5-2-6-11-17/h1-13,15,19H,14H2,(H,23,24)/b22-15+. The highest BCUT2D eigenvalue weighted by atomic mass is 16.3. The Kier molecular flexibility index (Phi) is 3.94. The molecule has 4 heteroatoms. The van der Waals surface area contributed by atoms with Crippen molar-refractivity contribution >= 4 is 12.1 Å². The van der Waals surface area contributed by atoms with E-state index in [4.69, 9.17) is 4.42 Å². The third-order valence-corrected chi connectivity index (χ3v) is 4.76. The maximum atomic E-state index is 12.6. The van der Waals surface area contributed by atoms with Gasteiger partial charge in [-0.1, -0.05) is 60.7 Å². The number of hydrazone groups is 1. The Hall–Kier alpha value is -3.14. The third kappa shape index (κ3) is 2.87. The SMILES string of the molecule is O=C(N/N=C/c1ccco1)C1CC1(c1ccccc1)c1ccccc1. The quantitative estimate of drug-likeness (QED) is 0.572. The molecule has 0 radical (unpaired) electrons. The van der Waals surface area contributed by atoms with Gasteiger partial charge in [-0.2, -0.15) is 5.10 Å². The van der Waals surface area contributed by atoms with Gasteiger partial charge >= 0.3 is 0 Å². The average molecular weight is 330 g/mol. The van der Waals surface area contributed by atoms with E-state index in [0.29, 0.717) is 5.76 Å². The van der Waals surface area contributed by atoms with Crippen LogP contribution in [0.15, 0.2) is 88.6 Å². The molecule has 1 N–H and O–H groups in total. The molecule has 0 aliphatic heterocycles. The van der Waals surface area contributed by atoms with Crippen molar-refractivity contribution in [3.8, 4) is 0 Å². The molecule has 1 aromatic heterocycles. The summed E-state index contributed by atoms with van der Waals surface area (Å²) in [5.41, 5.74) is 4.70. The Morgan fingerprint density at radius 1 is 1.00 bits per heavy atom. The zero-order valence-corrected chi connectivity index (χ0v) is 13.6. The monoisotopic (exact) mass is 330 g/mol. The van der Waals surface area contributed by atoms with Crippen LogP contribution in [-0.4, -0.2) is 12.1 Å². The number of nitrogens with zero attached hydrogens (tertiary/aromatic N) is 1. The summed E-state index contributed by atoms with van der Waals surface area (Å²) < 4.78 is 5.17. The van der Waals surface area contributed by atoms with Crippen LogP contribution >= 0.6 is 0 Å². The lowest BCUT2D eigenvalue weighted by atomic mass is 9.85. The second-order valence-electron chi connectivity index (χ2n) is 6.21. The fourth-order valence-electron chi connectivity index (χ4n) is 3.46. The molecule has 1 amide bonds. The summed E-state index contributed by atoms with van der Waals surface area (Å²) in [7, 11) is 0. The van der Waals surface area contributed by atoms with E-state index in [1.54, 1.807) is 18.4 Å². The van der Waals surface area contributed by atoms with Crippen LogP contribution in [0.3, 0.4) is 0 Å². The van der Waals surface area contributed by atoms with Crippen molar-refractivity contribution in [2.24, 2.45) is 11.0 Å². The van der Waals surface area contributed by atoms with Crippen LogP contribution in [-0.2, 0) is 10.2 Å². The molecule has 0 bridgehead atoms. The van der Waals surface area contributed by atoms with Crippen molar-refractivity contribution < 1.29 is 9.21 Å². The first kappa shape index (κ1) is 15.4. The van der Waals surface area contributed by atoms with E-state index < -0.39 is 0 Å². The molecular weight excluding hydrogens is 312 g/mol. The number of amides is 1. The van der Waals surface area contributed by atoms with Crippen LogP contribution in [0.4, 0.5) is 0 Å². The average Bonchev–Trinajstić information content (AvgIpc) is 3.23. The fraction of sp³-hybridized carbons (Fsp3) is 0.143. The summed E-state index contributed by atoms with van der Waals surface area (Å²) in [5, 5.41) is 4.01. The van der Waals surface area contributed by atoms with Crippen molar-refractivity contribution in [1.29, 1.82) is 0 Å². The largest absolute Gasteiger partial charge is 0.463 e. The maximum absolute atomic E-state index is 12.6. The molecular formula is C21H18N2O2. The molecule has 1 aliphatic carbocycles. The molecule has 1 unspecified atom stereocenters. The highest BCUT2D eigenvalue weighted by Crippen LogP contribution is 2.58. The summed E-state index contributed by atoms with van der Waals surface area (Å²) in [6, 6.07) is 24.0. The Morgan fingerprint density at radius 3 is 2.20 bits per heavy atom. The van der Waals surface area contributed by atoms with Crippen molar-refractivity contribution in [2.45, 2.75) is 11.8 Å². The van der Waals surface area contributed by atoms with Crippen molar-refractivity contribution in [1.82, 2.24) is 5.43 Å². The van der Waals surface area contributed by atoms with Gasteiger partial charge in [0.25, 0.3) is 0 Å². The Morgan fingerprint density at radius 2 is 1.64 bits per heavy atom. The molecule has 4 nitrogen and oxygen atoms in total. The van der Waals surface area contributed by atoms with Crippen LogP contribution in [0.25, 0.3) is 0 Å². The molecule has 0 saturated heterocycles. The molecule has 4 rings (SSSR count). The van der Waals surface area contributed by atoms with E-state index in [0.717, 1.165) is 17.5 Å². The molecule has 1 saturated carbocycles. The van der Waals surface area contributed by atoms with Crippen LogP contribution in [0, 0.1) is 5.92 Å². The summed E-state index contributed by atoms with van der Waals surface area (Å²) in [6.07, 6.45) is 3.86. The minimum Gasteiger partial charge on any atom is -0.463 e. The van der Waals surface area contributed by atoms with E-state index in [2.05, 4.69) is 34.8 Å². The predicted molar refractivity (Wildman–Crippen MR) is 96.2 cm³/mol. The second kappa shape index (κ2) is 6.40. The van der Waals surface area contributed by atoms with E-state index in [-0.39, 0.29) is 17.2 Å². The normalized spacial score (nSPS) is 18.2. The van der Waals surface area contributed by atoms with Gasteiger partial charge in [-0.25, -0.2) is 5.43 Å². The molecule has 1 fully saturated rings. The Balaban J connectivity index is 1.57. The van der Waals surface area contributed by atoms with Gasteiger partial charge in [-0.3, -0.25) is 4.79 Å². The van der Waals surface area contributed by atoms with Crippen molar-refractivity contribution in [3.05, 3.63) is 95.9 Å². The van der Waals surface area contributed by atoms with Crippen LogP contribution in [0.5, 0.6) is 0 Å². The van der Waals surface area contributed by atoms with E-state index in [1.165, 1.54) is 6.21 Å². The molecule has 0 spiro atoms. The first-order chi connectivity index (χ1) is 12.3.